The van der Waals surface area contributed by atoms with Crippen LogP contribution in [0, 0.1) is 0 Å². The number of carboxylic acids is 1. The van der Waals surface area contributed by atoms with Gasteiger partial charge in [0.2, 0.25) is 0 Å². The van der Waals surface area contributed by atoms with Crippen molar-refractivity contribution in [1.82, 2.24) is 9.88 Å². The van der Waals surface area contributed by atoms with E-state index in [0.717, 1.165) is 21.4 Å². The molecule has 1 aliphatic rings. The van der Waals surface area contributed by atoms with Crippen LogP contribution in [-0.2, 0) is 16.1 Å². The normalized spacial score (nSPS) is 15.0. The van der Waals surface area contributed by atoms with Crippen LogP contribution in [0.25, 0.3) is 17.0 Å². The van der Waals surface area contributed by atoms with Gasteiger partial charge in [-0.05, 0) is 54.2 Å². The molecule has 0 spiro atoms. The highest BCUT2D eigenvalue weighted by molar-refractivity contribution is 7.80. The lowest BCUT2D eigenvalue weighted by Gasteiger charge is -2.29. The maximum atomic E-state index is 13.4. The van der Waals surface area contributed by atoms with E-state index in [1.807, 2.05) is 59.3 Å². The highest BCUT2D eigenvalue weighted by Crippen LogP contribution is 2.28. The number of aromatic carboxylic acids is 1. The van der Waals surface area contributed by atoms with Crippen LogP contribution in [0.3, 0.4) is 0 Å². The van der Waals surface area contributed by atoms with Crippen molar-refractivity contribution in [2.75, 3.05) is 4.90 Å². The highest BCUT2D eigenvalue weighted by atomic mass is 35.5. The van der Waals surface area contributed by atoms with Gasteiger partial charge in [0.1, 0.15) is 5.57 Å². The standard InChI is InChI=1S/C27H18ClN3O4S/c28-22-10-3-1-6-17(22)14-30-15-18(20-9-2-4-11-23(20)30)13-21-24(32)29-27(36)31(25(21)33)19-8-5-7-16(12-19)26(34)35/h1-13,15H,14H2,(H,34,35)(H,29,32,36). The van der Waals surface area contributed by atoms with Gasteiger partial charge in [-0.25, -0.2) is 4.79 Å². The van der Waals surface area contributed by atoms with Crippen LogP contribution in [0.4, 0.5) is 5.69 Å². The minimum Gasteiger partial charge on any atom is -0.478 e. The van der Waals surface area contributed by atoms with Crippen molar-refractivity contribution in [3.8, 4) is 0 Å². The SMILES string of the molecule is O=C1NC(=S)N(c2cccc(C(=O)O)c2)C(=O)C1=Cc1cn(Cc2ccccc2Cl)c2ccccc12. The Balaban J connectivity index is 1.57. The summed E-state index contributed by atoms with van der Waals surface area (Å²) in [5.74, 6) is -2.41. The van der Waals surface area contributed by atoms with E-state index in [1.165, 1.54) is 24.3 Å². The Morgan fingerprint density at radius 1 is 1.03 bits per heavy atom. The van der Waals surface area contributed by atoms with Crippen molar-refractivity contribution >= 4 is 69.4 Å². The summed E-state index contributed by atoms with van der Waals surface area (Å²) in [5.41, 5.74) is 2.63. The molecule has 1 saturated heterocycles. The van der Waals surface area contributed by atoms with Crippen molar-refractivity contribution < 1.29 is 19.5 Å². The summed E-state index contributed by atoms with van der Waals surface area (Å²) in [6.45, 7) is 0.502. The molecular weight excluding hydrogens is 498 g/mol. The minimum absolute atomic E-state index is 0.00632. The number of carbonyl (C=O) groups is 3. The first-order valence-corrected chi connectivity index (χ1v) is 11.7. The second kappa shape index (κ2) is 9.41. The molecule has 36 heavy (non-hydrogen) atoms. The first-order chi connectivity index (χ1) is 17.3. The van der Waals surface area contributed by atoms with Crippen LogP contribution in [-0.4, -0.2) is 32.6 Å². The Labute approximate surface area is 216 Å². The zero-order valence-electron chi connectivity index (χ0n) is 18.6. The number of carbonyl (C=O) groups excluding carboxylic acids is 2. The maximum absolute atomic E-state index is 13.4. The molecule has 1 aliphatic heterocycles. The number of halogens is 1. The summed E-state index contributed by atoms with van der Waals surface area (Å²) in [4.78, 5) is 38.8. The molecule has 178 valence electrons. The summed E-state index contributed by atoms with van der Waals surface area (Å²) in [7, 11) is 0. The van der Waals surface area contributed by atoms with Gasteiger partial charge < -0.3 is 9.67 Å². The van der Waals surface area contributed by atoms with E-state index in [4.69, 9.17) is 23.8 Å². The molecule has 7 nitrogen and oxygen atoms in total. The lowest BCUT2D eigenvalue weighted by atomic mass is 10.1. The van der Waals surface area contributed by atoms with Gasteiger partial charge in [-0.2, -0.15) is 0 Å². The van der Waals surface area contributed by atoms with Crippen LogP contribution < -0.4 is 10.2 Å². The summed E-state index contributed by atoms with van der Waals surface area (Å²) in [5, 5.41) is 13.2. The van der Waals surface area contributed by atoms with E-state index in [0.29, 0.717) is 17.1 Å². The molecule has 9 heteroatoms. The Kier molecular flexibility index (Phi) is 6.13. The van der Waals surface area contributed by atoms with Crippen LogP contribution in [0.2, 0.25) is 5.02 Å². The molecule has 2 N–H and O–H groups in total. The lowest BCUT2D eigenvalue weighted by molar-refractivity contribution is -0.122. The number of aromatic nitrogens is 1. The molecule has 1 fully saturated rings. The summed E-state index contributed by atoms with van der Waals surface area (Å²) in [6, 6.07) is 21.0. The van der Waals surface area contributed by atoms with Gasteiger partial charge in [0.05, 0.1) is 11.3 Å². The van der Waals surface area contributed by atoms with Gasteiger partial charge in [0, 0.05) is 34.2 Å². The minimum atomic E-state index is -1.14. The molecule has 3 aromatic carbocycles. The van der Waals surface area contributed by atoms with Crippen molar-refractivity contribution in [2.45, 2.75) is 6.54 Å². The van der Waals surface area contributed by atoms with Gasteiger partial charge in [0.15, 0.2) is 5.11 Å². The number of anilines is 1. The van der Waals surface area contributed by atoms with E-state index >= 15 is 0 Å². The fraction of sp³-hybridized carbons (Fsp3) is 0.0370. The Bertz CT molecular complexity index is 1610. The first kappa shape index (κ1) is 23.5. The van der Waals surface area contributed by atoms with Gasteiger partial charge >= 0.3 is 5.97 Å². The monoisotopic (exact) mass is 515 g/mol. The number of para-hydroxylation sites is 1. The number of carboxylic acid groups (broad SMARTS) is 1. The predicted octanol–water partition coefficient (Wildman–Crippen LogP) is 4.87. The molecule has 2 amide bonds. The van der Waals surface area contributed by atoms with Crippen molar-refractivity contribution in [3.05, 3.63) is 106 Å². The number of benzene rings is 3. The third kappa shape index (κ3) is 4.28. The Hall–Kier alpha value is -4.27. The van der Waals surface area contributed by atoms with Crippen LogP contribution in [0.5, 0.6) is 0 Å². The number of hydrogen-bond donors (Lipinski definition) is 2. The fourth-order valence-electron chi connectivity index (χ4n) is 4.16. The topological polar surface area (TPSA) is 91.6 Å². The zero-order valence-corrected chi connectivity index (χ0v) is 20.2. The number of thiocarbonyl (C=S) groups is 1. The smallest absolute Gasteiger partial charge is 0.335 e. The number of fused-ring (bicyclic) bond motifs is 1. The number of hydrogen-bond acceptors (Lipinski definition) is 4. The molecule has 2 heterocycles. The Morgan fingerprint density at radius 2 is 1.78 bits per heavy atom. The highest BCUT2D eigenvalue weighted by Gasteiger charge is 2.35. The average Bonchev–Trinajstić information content (AvgIpc) is 3.20. The average molecular weight is 516 g/mol. The van der Waals surface area contributed by atoms with Gasteiger partial charge in [-0.1, -0.05) is 54.1 Å². The van der Waals surface area contributed by atoms with Crippen molar-refractivity contribution in [1.29, 1.82) is 0 Å². The van der Waals surface area contributed by atoms with E-state index < -0.39 is 17.8 Å². The molecule has 4 aromatic rings. The number of nitrogens with zero attached hydrogens (tertiary/aromatic N) is 2. The first-order valence-electron chi connectivity index (χ1n) is 10.9. The number of nitrogens with one attached hydrogen (secondary N) is 1. The summed E-state index contributed by atoms with van der Waals surface area (Å²) >= 11 is 11.6. The fourth-order valence-corrected chi connectivity index (χ4v) is 4.63. The van der Waals surface area contributed by atoms with Crippen LogP contribution in [0.15, 0.2) is 84.6 Å². The second-order valence-electron chi connectivity index (χ2n) is 8.13. The van der Waals surface area contributed by atoms with Crippen molar-refractivity contribution in [3.63, 3.8) is 0 Å². The summed E-state index contributed by atoms with van der Waals surface area (Å²) in [6.07, 6.45) is 3.39. The second-order valence-corrected chi connectivity index (χ2v) is 8.93. The van der Waals surface area contributed by atoms with E-state index in [-0.39, 0.29) is 21.9 Å². The lowest BCUT2D eigenvalue weighted by Crippen LogP contribution is -2.54. The maximum Gasteiger partial charge on any atom is 0.335 e. The molecule has 0 aliphatic carbocycles. The molecule has 0 saturated carbocycles. The third-order valence-corrected chi connectivity index (χ3v) is 6.52. The number of amides is 2. The van der Waals surface area contributed by atoms with Crippen LogP contribution >= 0.6 is 23.8 Å². The third-order valence-electron chi connectivity index (χ3n) is 5.87. The predicted molar refractivity (Wildman–Crippen MR) is 142 cm³/mol. The van der Waals surface area contributed by atoms with Gasteiger partial charge in [0.25, 0.3) is 11.8 Å². The molecular formula is C27H18ClN3O4S. The van der Waals surface area contributed by atoms with Crippen LogP contribution in [0.1, 0.15) is 21.5 Å². The molecule has 0 unspecified atom stereocenters. The van der Waals surface area contributed by atoms with Crippen molar-refractivity contribution in [2.24, 2.45) is 0 Å². The molecule has 0 bridgehead atoms. The Morgan fingerprint density at radius 3 is 2.56 bits per heavy atom. The molecule has 1 aromatic heterocycles. The molecule has 0 radical (unpaired) electrons. The van der Waals surface area contributed by atoms with E-state index in [2.05, 4.69) is 5.32 Å². The molecule has 0 atom stereocenters. The zero-order chi connectivity index (χ0) is 25.4. The van der Waals surface area contributed by atoms with E-state index in [1.54, 1.807) is 6.07 Å². The van der Waals surface area contributed by atoms with E-state index in [9.17, 15) is 19.5 Å². The largest absolute Gasteiger partial charge is 0.478 e. The van der Waals surface area contributed by atoms with Gasteiger partial charge in [-0.3, -0.25) is 19.8 Å². The molecule has 5 rings (SSSR count). The number of rotatable bonds is 5. The quantitative estimate of drug-likeness (QED) is 0.225. The van der Waals surface area contributed by atoms with Gasteiger partial charge in [-0.15, -0.1) is 0 Å². The summed E-state index contributed by atoms with van der Waals surface area (Å²) < 4.78 is 2.01.